The smallest absolute Gasteiger partial charge is 0.272 e. The van der Waals surface area contributed by atoms with Crippen molar-refractivity contribution in [3.8, 4) is 0 Å². The lowest BCUT2D eigenvalue weighted by Crippen LogP contribution is -2.38. The maximum atomic E-state index is 12.4. The molecule has 0 aromatic carbocycles. The Bertz CT molecular complexity index is 888. The number of piperidine rings is 1. The molecule has 0 aliphatic carbocycles. The van der Waals surface area contributed by atoms with Gasteiger partial charge in [-0.3, -0.25) is 14.7 Å². The number of hydrogen-bond acceptors (Lipinski definition) is 4. The Kier molecular flexibility index (Phi) is 3.49. The highest BCUT2D eigenvalue weighted by Crippen LogP contribution is 2.27. The molecule has 3 aromatic rings. The third-order valence-corrected chi connectivity index (χ3v) is 5.05. The van der Waals surface area contributed by atoms with Crippen LogP contribution in [0.1, 0.15) is 34.8 Å². The molecular weight excluding hydrogens is 312 g/mol. The molecule has 0 unspecified atom stereocenters. The van der Waals surface area contributed by atoms with Gasteiger partial charge in [0.05, 0.1) is 11.3 Å². The first kappa shape index (κ1) is 14.2. The number of amides is 1. The summed E-state index contributed by atoms with van der Waals surface area (Å²) in [6, 6.07) is 5.26. The van der Waals surface area contributed by atoms with Crippen LogP contribution in [0.25, 0.3) is 5.65 Å². The van der Waals surface area contributed by atoms with Gasteiger partial charge >= 0.3 is 0 Å². The molecule has 7 heteroatoms. The number of nitrogens with one attached hydrogen (secondary N) is 1. The van der Waals surface area contributed by atoms with Crippen LogP contribution in [0.4, 0.5) is 0 Å². The summed E-state index contributed by atoms with van der Waals surface area (Å²) in [5, 5.41) is 6.65. The van der Waals surface area contributed by atoms with Crippen LogP contribution in [0.15, 0.2) is 40.0 Å². The second kappa shape index (κ2) is 5.66. The van der Waals surface area contributed by atoms with Gasteiger partial charge in [0.1, 0.15) is 0 Å². The van der Waals surface area contributed by atoms with Gasteiger partial charge in [0.25, 0.3) is 11.5 Å². The number of H-pyrrole nitrogens is 1. The van der Waals surface area contributed by atoms with Crippen molar-refractivity contribution in [2.45, 2.75) is 18.8 Å². The lowest BCUT2D eigenvalue weighted by molar-refractivity contribution is 0.0712. The third kappa shape index (κ3) is 2.57. The molecule has 1 aliphatic rings. The van der Waals surface area contributed by atoms with E-state index in [-0.39, 0.29) is 17.4 Å². The summed E-state index contributed by atoms with van der Waals surface area (Å²) in [5.41, 5.74) is 2.15. The molecule has 1 fully saturated rings. The maximum Gasteiger partial charge on any atom is 0.272 e. The van der Waals surface area contributed by atoms with Gasteiger partial charge in [0, 0.05) is 42.7 Å². The molecule has 0 radical (unpaired) electrons. The molecule has 1 saturated heterocycles. The van der Waals surface area contributed by atoms with Crippen molar-refractivity contribution < 1.29 is 4.79 Å². The topological polar surface area (TPSA) is 70.5 Å². The van der Waals surface area contributed by atoms with E-state index in [9.17, 15) is 9.59 Å². The fraction of sp³-hybridized carbons (Fsp3) is 0.312. The Morgan fingerprint density at radius 2 is 2.13 bits per heavy atom. The fourth-order valence-corrected chi connectivity index (χ4v) is 3.73. The van der Waals surface area contributed by atoms with Crippen LogP contribution in [-0.2, 0) is 0 Å². The van der Waals surface area contributed by atoms with Crippen molar-refractivity contribution in [1.29, 1.82) is 0 Å². The van der Waals surface area contributed by atoms with E-state index >= 15 is 0 Å². The van der Waals surface area contributed by atoms with Crippen LogP contribution in [0, 0.1) is 0 Å². The van der Waals surface area contributed by atoms with Gasteiger partial charge in [-0.2, -0.15) is 11.3 Å². The van der Waals surface area contributed by atoms with Crippen molar-refractivity contribution in [1.82, 2.24) is 19.5 Å². The number of rotatable bonds is 2. The molecule has 1 amide bonds. The summed E-state index contributed by atoms with van der Waals surface area (Å²) in [5.74, 6) is 0.327. The molecule has 1 N–H and O–H groups in total. The van der Waals surface area contributed by atoms with Gasteiger partial charge in [0.15, 0.2) is 5.65 Å². The summed E-state index contributed by atoms with van der Waals surface area (Å²) in [7, 11) is 0. The van der Waals surface area contributed by atoms with Gasteiger partial charge in [-0.15, -0.1) is 0 Å². The first-order chi connectivity index (χ1) is 11.2. The molecule has 0 spiro atoms. The van der Waals surface area contributed by atoms with Crippen LogP contribution in [0.3, 0.4) is 0 Å². The summed E-state index contributed by atoms with van der Waals surface area (Å²) in [6.07, 6.45) is 3.38. The Morgan fingerprint density at radius 1 is 1.30 bits per heavy atom. The molecule has 3 aromatic heterocycles. The van der Waals surface area contributed by atoms with Gasteiger partial charge in [0.2, 0.25) is 0 Å². The number of fused-ring (bicyclic) bond motifs is 1. The molecule has 0 saturated carbocycles. The van der Waals surface area contributed by atoms with E-state index in [1.165, 1.54) is 15.9 Å². The van der Waals surface area contributed by atoms with Gasteiger partial charge in [-0.25, -0.2) is 9.50 Å². The predicted molar refractivity (Wildman–Crippen MR) is 88.0 cm³/mol. The van der Waals surface area contributed by atoms with Crippen LogP contribution in [0.2, 0.25) is 0 Å². The van der Waals surface area contributed by atoms with Gasteiger partial charge in [-0.05, 0) is 24.3 Å². The van der Waals surface area contributed by atoms with Crippen LogP contribution >= 0.6 is 11.3 Å². The van der Waals surface area contributed by atoms with E-state index in [0.717, 1.165) is 24.1 Å². The third-order valence-electron chi connectivity index (χ3n) is 4.37. The highest BCUT2D eigenvalue weighted by molar-refractivity contribution is 7.08. The maximum absolute atomic E-state index is 12.4. The normalized spacial score (nSPS) is 16.1. The fourth-order valence-electron chi connectivity index (χ4n) is 3.10. The first-order valence-corrected chi connectivity index (χ1v) is 8.55. The standard InChI is InChI=1S/C16H16N4O2S/c21-15-9-13(18-14-1-5-17-20(14)15)11-2-6-19(7-3-11)16(22)12-4-8-23-10-12/h1,4-5,8-11,17H,2-3,6-7H2. The van der Waals surface area contributed by atoms with E-state index in [1.54, 1.807) is 18.3 Å². The molecule has 1 aliphatic heterocycles. The second-order valence-corrected chi connectivity index (χ2v) is 6.53. The van der Waals surface area contributed by atoms with Crippen molar-refractivity contribution in [2.24, 2.45) is 0 Å². The van der Waals surface area contributed by atoms with Gasteiger partial charge < -0.3 is 4.90 Å². The molecular formula is C16H16N4O2S. The number of likely N-dealkylation sites (tertiary alicyclic amines) is 1. The van der Waals surface area contributed by atoms with E-state index in [0.29, 0.717) is 18.7 Å². The summed E-state index contributed by atoms with van der Waals surface area (Å²) in [4.78, 5) is 30.9. The monoisotopic (exact) mass is 328 g/mol. The minimum atomic E-state index is -0.0909. The molecule has 0 bridgehead atoms. The van der Waals surface area contributed by atoms with Crippen molar-refractivity contribution in [3.05, 3.63) is 56.8 Å². The largest absolute Gasteiger partial charge is 0.339 e. The second-order valence-electron chi connectivity index (χ2n) is 5.75. The zero-order valence-corrected chi connectivity index (χ0v) is 13.3. The van der Waals surface area contributed by atoms with E-state index in [1.807, 2.05) is 21.7 Å². The van der Waals surface area contributed by atoms with Crippen molar-refractivity contribution >= 4 is 22.9 Å². The lowest BCUT2D eigenvalue weighted by Gasteiger charge is -2.31. The highest BCUT2D eigenvalue weighted by Gasteiger charge is 2.26. The van der Waals surface area contributed by atoms with Crippen LogP contribution in [0.5, 0.6) is 0 Å². The summed E-state index contributed by atoms with van der Waals surface area (Å²) >= 11 is 1.54. The summed E-state index contributed by atoms with van der Waals surface area (Å²) in [6.45, 7) is 1.40. The average Bonchev–Trinajstić information content (AvgIpc) is 3.26. The Labute approximate surface area is 136 Å². The zero-order chi connectivity index (χ0) is 15.8. The minimum Gasteiger partial charge on any atom is -0.339 e. The molecule has 23 heavy (non-hydrogen) atoms. The zero-order valence-electron chi connectivity index (χ0n) is 12.4. The molecule has 4 rings (SSSR count). The molecule has 4 heterocycles. The van der Waals surface area contributed by atoms with Crippen molar-refractivity contribution in [3.63, 3.8) is 0 Å². The number of thiophene rings is 1. The number of nitrogens with zero attached hydrogens (tertiary/aromatic N) is 3. The van der Waals surface area contributed by atoms with E-state index in [4.69, 9.17) is 0 Å². The Balaban J connectivity index is 1.50. The number of hydrogen-bond donors (Lipinski definition) is 1. The molecule has 118 valence electrons. The first-order valence-electron chi connectivity index (χ1n) is 7.61. The number of carbonyl (C=O) groups excluding carboxylic acids is 1. The van der Waals surface area contributed by atoms with Gasteiger partial charge in [-0.1, -0.05) is 0 Å². The quantitative estimate of drug-likeness (QED) is 0.783. The minimum absolute atomic E-state index is 0.0909. The predicted octanol–water partition coefficient (Wildman–Crippen LogP) is 2.10. The van der Waals surface area contributed by atoms with E-state index < -0.39 is 0 Å². The SMILES string of the molecule is O=C(c1ccsc1)N1CCC(c2cc(=O)n3[nH]ccc3n2)CC1. The highest BCUT2D eigenvalue weighted by atomic mass is 32.1. The molecule has 0 atom stereocenters. The van der Waals surface area contributed by atoms with Crippen molar-refractivity contribution in [2.75, 3.05) is 13.1 Å². The van der Waals surface area contributed by atoms with Crippen LogP contribution in [-0.4, -0.2) is 38.5 Å². The summed E-state index contributed by atoms with van der Waals surface area (Å²) < 4.78 is 1.43. The lowest BCUT2D eigenvalue weighted by atomic mass is 9.93. The number of aromatic nitrogens is 3. The average molecular weight is 328 g/mol. The van der Waals surface area contributed by atoms with E-state index in [2.05, 4.69) is 10.1 Å². The Morgan fingerprint density at radius 3 is 2.87 bits per heavy atom. The Hall–Kier alpha value is -2.41. The molecule has 6 nitrogen and oxygen atoms in total. The number of carbonyl (C=O) groups is 1. The van der Waals surface area contributed by atoms with Crippen LogP contribution < -0.4 is 5.56 Å². The number of aromatic amines is 1.